The molecule has 6 nitrogen and oxygen atoms in total. The lowest BCUT2D eigenvalue weighted by Crippen LogP contribution is -2.23. The smallest absolute Gasteiger partial charge is 0.261 e. The molecule has 0 radical (unpaired) electrons. The third-order valence-corrected chi connectivity index (χ3v) is 5.64. The fraction of sp³-hybridized carbons (Fsp3) is 0.136. The molecule has 2 N–H and O–H groups in total. The second-order valence-corrected chi connectivity index (χ2v) is 8.04. The number of amides is 1. The first-order chi connectivity index (χ1) is 14.4. The Morgan fingerprint density at radius 1 is 0.967 bits per heavy atom. The van der Waals surface area contributed by atoms with Gasteiger partial charge in [-0.15, -0.1) is 0 Å². The maximum absolute atomic E-state index is 13.6. The number of hydrogen-bond donors (Lipinski definition) is 2. The highest BCUT2D eigenvalue weighted by atomic mass is 32.2. The van der Waals surface area contributed by atoms with Crippen LogP contribution in [0, 0.1) is 5.82 Å². The van der Waals surface area contributed by atoms with Gasteiger partial charge in [0.25, 0.3) is 15.9 Å². The van der Waals surface area contributed by atoms with E-state index in [0.717, 1.165) is 0 Å². The molecule has 3 aromatic carbocycles. The zero-order valence-electron chi connectivity index (χ0n) is 16.3. The van der Waals surface area contributed by atoms with Crippen LogP contribution >= 0.6 is 0 Å². The van der Waals surface area contributed by atoms with Crippen LogP contribution in [0.1, 0.15) is 22.8 Å². The van der Waals surface area contributed by atoms with Crippen molar-refractivity contribution in [2.75, 3.05) is 11.3 Å². The van der Waals surface area contributed by atoms with E-state index in [0.29, 0.717) is 29.2 Å². The second kappa shape index (κ2) is 9.41. The van der Waals surface area contributed by atoms with Gasteiger partial charge in [-0.1, -0.05) is 18.2 Å². The molecule has 0 aliphatic rings. The van der Waals surface area contributed by atoms with Gasteiger partial charge in [-0.2, -0.15) is 0 Å². The summed E-state index contributed by atoms with van der Waals surface area (Å²) in [5.41, 5.74) is 1.02. The number of nitrogens with one attached hydrogen (secondary N) is 2. The molecule has 3 rings (SSSR count). The third kappa shape index (κ3) is 5.36. The number of anilines is 1. The topological polar surface area (TPSA) is 84.5 Å². The van der Waals surface area contributed by atoms with E-state index in [1.165, 1.54) is 42.5 Å². The van der Waals surface area contributed by atoms with Gasteiger partial charge in [-0.3, -0.25) is 9.52 Å². The molecule has 0 spiro atoms. The Bertz CT molecular complexity index is 1110. The zero-order chi connectivity index (χ0) is 21.6. The summed E-state index contributed by atoms with van der Waals surface area (Å²) in [5, 5.41) is 2.64. The highest BCUT2D eigenvalue weighted by molar-refractivity contribution is 7.92. The van der Waals surface area contributed by atoms with Crippen LogP contribution in [0.3, 0.4) is 0 Å². The Labute approximate surface area is 174 Å². The van der Waals surface area contributed by atoms with E-state index < -0.39 is 15.8 Å². The summed E-state index contributed by atoms with van der Waals surface area (Å²) >= 11 is 0. The molecule has 0 aliphatic carbocycles. The van der Waals surface area contributed by atoms with Gasteiger partial charge in [0.15, 0.2) is 0 Å². The minimum atomic E-state index is -3.78. The number of ether oxygens (including phenoxy) is 1. The molecule has 0 aromatic heterocycles. The van der Waals surface area contributed by atoms with Crippen LogP contribution in [-0.2, 0) is 16.6 Å². The third-order valence-electron chi connectivity index (χ3n) is 4.24. The van der Waals surface area contributed by atoms with Gasteiger partial charge in [-0.05, 0) is 61.5 Å². The number of rotatable bonds is 8. The number of halogens is 1. The lowest BCUT2D eigenvalue weighted by Gasteiger charge is -2.10. The summed E-state index contributed by atoms with van der Waals surface area (Å²) in [6.07, 6.45) is 0. The first-order valence-electron chi connectivity index (χ1n) is 9.26. The van der Waals surface area contributed by atoms with E-state index in [-0.39, 0.29) is 17.3 Å². The molecule has 0 fully saturated rings. The van der Waals surface area contributed by atoms with Gasteiger partial charge in [-0.25, -0.2) is 12.8 Å². The first kappa shape index (κ1) is 21.3. The largest absolute Gasteiger partial charge is 0.494 e. The molecule has 0 saturated carbocycles. The molecule has 0 heterocycles. The van der Waals surface area contributed by atoms with Crippen LogP contribution < -0.4 is 14.8 Å². The van der Waals surface area contributed by atoms with Crippen molar-refractivity contribution in [3.63, 3.8) is 0 Å². The van der Waals surface area contributed by atoms with Crippen LogP contribution in [0.5, 0.6) is 5.75 Å². The van der Waals surface area contributed by atoms with Crippen molar-refractivity contribution in [3.8, 4) is 5.75 Å². The van der Waals surface area contributed by atoms with Crippen molar-refractivity contribution < 1.29 is 22.3 Å². The highest BCUT2D eigenvalue weighted by Crippen LogP contribution is 2.20. The quantitative estimate of drug-likeness (QED) is 0.569. The number of sulfonamides is 1. The predicted molar refractivity (Wildman–Crippen MR) is 112 cm³/mol. The van der Waals surface area contributed by atoms with E-state index in [1.807, 2.05) is 6.92 Å². The Morgan fingerprint density at radius 2 is 1.63 bits per heavy atom. The molecule has 156 valence electrons. The molecule has 0 saturated heterocycles. The van der Waals surface area contributed by atoms with Gasteiger partial charge in [0.1, 0.15) is 11.6 Å². The van der Waals surface area contributed by atoms with Crippen molar-refractivity contribution in [3.05, 3.63) is 89.7 Å². The van der Waals surface area contributed by atoms with Crippen molar-refractivity contribution in [1.29, 1.82) is 0 Å². The molecule has 0 bridgehead atoms. The van der Waals surface area contributed by atoms with Crippen LogP contribution in [0.15, 0.2) is 77.7 Å². The summed E-state index contributed by atoms with van der Waals surface area (Å²) < 4.78 is 46.4. The molecule has 1 amide bonds. The lowest BCUT2D eigenvalue weighted by molar-refractivity contribution is 0.0950. The summed E-state index contributed by atoms with van der Waals surface area (Å²) in [5.74, 6) is -0.196. The maximum Gasteiger partial charge on any atom is 0.261 e. The van der Waals surface area contributed by atoms with E-state index in [1.54, 1.807) is 30.3 Å². The average molecular weight is 428 g/mol. The summed E-state index contributed by atoms with van der Waals surface area (Å²) in [6.45, 7) is 2.39. The standard InChI is InChI=1S/C22H21FN2O4S/c1-2-29-19-11-13-20(14-12-19)30(27,28)25-18-9-7-16(8-10-18)22(26)24-15-17-5-3-4-6-21(17)23/h3-14,25H,2,15H2,1H3,(H,24,26). The minimum absolute atomic E-state index is 0.0532. The van der Waals surface area contributed by atoms with E-state index in [4.69, 9.17) is 4.74 Å². The summed E-state index contributed by atoms with van der Waals surface area (Å²) in [4.78, 5) is 12.3. The van der Waals surface area contributed by atoms with E-state index >= 15 is 0 Å². The molecular formula is C22H21FN2O4S. The Balaban J connectivity index is 1.63. The Hall–Kier alpha value is -3.39. The number of benzene rings is 3. The maximum atomic E-state index is 13.6. The molecule has 3 aromatic rings. The minimum Gasteiger partial charge on any atom is -0.494 e. The van der Waals surface area contributed by atoms with Gasteiger partial charge in [0.05, 0.1) is 11.5 Å². The normalized spacial score (nSPS) is 11.0. The molecule has 0 aliphatic heterocycles. The fourth-order valence-electron chi connectivity index (χ4n) is 2.70. The Kier molecular flexibility index (Phi) is 6.68. The molecule has 30 heavy (non-hydrogen) atoms. The number of hydrogen-bond acceptors (Lipinski definition) is 4. The van der Waals surface area contributed by atoms with Gasteiger partial charge in [0.2, 0.25) is 0 Å². The van der Waals surface area contributed by atoms with E-state index in [2.05, 4.69) is 10.0 Å². The van der Waals surface area contributed by atoms with Crippen molar-refractivity contribution in [1.82, 2.24) is 5.32 Å². The molecule has 8 heteroatoms. The van der Waals surface area contributed by atoms with E-state index in [9.17, 15) is 17.6 Å². The molecular weight excluding hydrogens is 407 g/mol. The fourth-order valence-corrected chi connectivity index (χ4v) is 3.76. The SMILES string of the molecule is CCOc1ccc(S(=O)(=O)Nc2ccc(C(=O)NCc3ccccc3F)cc2)cc1. The zero-order valence-corrected chi connectivity index (χ0v) is 17.1. The van der Waals surface area contributed by atoms with Crippen molar-refractivity contribution in [2.45, 2.75) is 18.4 Å². The van der Waals surface area contributed by atoms with Crippen LogP contribution in [-0.4, -0.2) is 20.9 Å². The predicted octanol–water partition coefficient (Wildman–Crippen LogP) is 3.96. The van der Waals surface area contributed by atoms with Crippen LogP contribution in [0.4, 0.5) is 10.1 Å². The average Bonchev–Trinajstić information content (AvgIpc) is 2.74. The number of carbonyl (C=O) groups is 1. The monoisotopic (exact) mass is 428 g/mol. The second-order valence-electron chi connectivity index (χ2n) is 6.36. The van der Waals surface area contributed by atoms with Gasteiger partial charge in [0, 0.05) is 23.4 Å². The highest BCUT2D eigenvalue weighted by Gasteiger charge is 2.15. The lowest BCUT2D eigenvalue weighted by atomic mass is 10.1. The summed E-state index contributed by atoms with van der Waals surface area (Å²) in [6, 6.07) is 18.2. The Morgan fingerprint density at radius 3 is 2.27 bits per heavy atom. The van der Waals surface area contributed by atoms with Crippen LogP contribution in [0.2, 0.25) is 0 Å². The summed E-state index contributed by atoms with van der Waals surface area (Å²) in [7, 11) is -3.78. The van der Waals surface area contributed by atoms with Crippen molar-refractivity contribution >= 4 is 21.6 Å². The van der Waals surface area contributed by atoms with Gasteiger partial charge < -0.3 is 10.1 Å². The number of carbonyl (C=O) groups excluding carboxylic acids is 1. The van der Waals surface area contributed by atoms with Gasteiger partial charge >= 0.3 is 0 Å². The first-order valence-corrected chi connectivity index (χ1v) is 10.7. The molecule has 0 atom stereocenters. The van der Waals surface area contributed by atoms with Crippen molar-refractivity contribution in [2.24, 2.45) is 0 Å². The molecule has 0 unspecified atom stereocenters. The van der Waals surface area contributed by atoms with Crippen LogP contribution in [0.25, 0.3) is 0 Å².